The summed E-state index contributed by atoms with van der Waals surface area (Å²) >= 11 is 0. The summed E-state index contributed by atoms with van der Waals surface area (Å²) < 4.78 is 0. The molecule has 3 N–H and O–H groups in total. The average Bonchev–Trinajstić information content (AvgIpc) is 3.14. The third-order valence-corrected chi connectivity index (χ3v) is 5.95. The van der Waals surface area contributed by atoms with E-state index in [-0.39, 0.29) is 23.3 Å². The van der Waals surface area contributed by atoms with Crippen molar-refractivity contribution in [2.45, 2.75) is 71.4 Å². The second-order valence-electron chi connectivity index (χ2n) is 8.86. The van der Waals surface area contributed by atoms with Gasteiger partial charge in [-0.25, -0.2) is 0 Å². The van der Waals surface area contributed by atoms with Crippen molar-refractivity contribution in [2.24, 2.45) is 23.0 Å². The first kappa shape index (κ1) is 19.9. The average molecular weight is 351 g/mol. The Morgan fingerprint density at radius 1 is 1.16 bits per heavy atom. The van der Waals surface area contributed by atoms with Gasteiger partial charge in [-0.05, 0) is 43.7 Å². The molecule has 2 rings (SSSR count). The summed E-state index contributed by atoms with van der Waals surface area (Å²) in [6, 6.07) is -1.06. The lowest BCUT2D eigenvalue weighted by Crippen LogP contribution is -2.54. The van der Waals surface area contributed by atoms with Crippen molar-refractivity contribution in [1.82, 2.24) is 10.2 Å². The third kappa shape index (κ3) is 4.81. The fraction of sp³-hybridized carbons (Fsp3) is 0.842. The second-order valence-corrected chi connectivity index (χ2v) is 8.86. The molecule has 0 radical (unpaired) electrons. The van der Waals surface area contributed by atoms with Crippen LogP contribution < -0.4 is 11.1 Å². The van der Waals surface area contributed by atoms with Crippen molar-refractivity contribution in [3.63, 3.8) is 0 Å². The zero-order valence-electron chi connectivity index (χ0n) is 16.0. The number of rotatable bonds is 6. The van der Waals surface area contributed by atoms with E-state index < -0.39 is 17.7 Å². The van der Waals surface area contributed by atoms with Crippen LogP contribution in [0.5, 0.6) is 0 Å². The van der Waals surface area contributed by atoms with Crippen molar-refractivity contribution in [3.05, 3.63) is 0 Å². The molecule has 2 unspecified atom stereocenters. The molecule has 2 fully saturated rings. The molecule has 1 saturated heterocycles. The highest BCUT2D eigenvalue weighted by molar-refractivity contribution is 6.37. The smallest absolute Gasteiger partial charge is 0.287 e. The molecule has 2 amide bonds. The van der Waals surface area contributed by atoms with E-state index in [0.29, 0.717) is 12.3 Å². The third-order valence-electron chi connectivity index (χ3n) is 5.95. The summed E-state index contributed by atoms with van der Waals surface area (Å²) in [5.74, 6) is -1.19. The second kappa shape index (κ2) is 7.85. The summed E-state index contributed by atoms with van der Waals surface area (Å²) in [6.07, 6.45) is 5.86. The molecule has 1 aliphatic carbocycles. The van der Waals surface area contributed by atoms with Gasteiger partial charge in [-0.1, -0.05) is 46.5 Å². The van der Waals surface area contributed by atoms with Crippen LogP contribution in [-0.4, -0.2) is 48.2 Å². The molecule has 1 saturated carbocycles. The summed E-state index contributed by atoms with van der Waals surface area (Å²) in [5, 5.41) is 2.87. The van der Waals surface area contributed by atoms with Gasteiger partial charge in [-0.3, -0.25) is 19.3 Å². The Morgan fingerprint density at radius 3 is 2.28 bits per heavy atom. The number of hydrogen-bond donors (Lipinski definition) is 2. The van der Waals surface area contributed by atoms with Crippen LogP contribution in [0.25, 0.3) is 0 Å². The first-order valence-electron chi connectivity index (χ1n) is 9.45. The highest BCUT2D eigenvalue weighted by Crippen LogP contribution is 2.38. The number of nitrogens with zero attached hydrogens (tertiary/aromatic N) is 1. The number of nitrogens with one attached hydrogen (secondary N) is 1. The summed E-state index contributed by atoms with van der Waals surface area (Å²) in [6.45, 7) is 7.28. The molecule has 0 spiro atoms. The maximum absolute atomic E-state index is 13.0. The van der Waals surface area contributed by atoms with Gasteiger partial charge in [0.15, 0.2) is 0 Å². The molecule has 3 atom stereocenters. The monoisotopic (exact) mass is 351 g/mol. The fourth-order valence-electron chi connectivity index (χ4n) is 4.48. The van der Waals surface area contributed by atoms with Gasteiger partial charge >= 0.3 is 0 Å². The van der Waals surface area contributed by atoms with Gasteiger partial charge < -0.3 is 11.1 Å². The SMILES string of the molecule is CN1CC[C@H](C(C)(C)C)C1C(=O)NC(CC1CCCC1)C(=O)C(N)=O. The zero-order valence-corrected chi connectivity index (χ0v) is 16.0. The quantitative estimate of drug-likeness (QED) is 0.709. The van der Waals surface area contributed by atoms with E-state index in [0.717, 1.165) is 38.6 Å². The van der Waals surface area contributed by atoms with E-state index in [1.807, 2.05) is 11.9 Å². The zero-order chi connectivity index (χ0) is 18.8. The minimum absolute atomic E-state index is 0.00140. The van der Waals surface area contributed by atoms with E-state index >= 15 is 0 Å². The molecule has 2 aliphatic rings. The molecule has 6 nitrogen and oxygen atoms in total. The topological polar surface area (TPSA) is 92.5 Å². The Kier molecular flexibility index (Phi) is 6.25. The number of likely N-dealkylation sites (tertiary alicyclic amines) is 1. The number of amides is 2. The fourth-order valence-corrected chi connectivity index (χ4v) is 4.48. The number of nitrogens with two attached hydrogens (primary N) is 1. The molecular formula is C19H33N3O3. The maximum Gasteiger partial charge on any atom is 0.287 e. The molecule has 0 aromatic rings. The van der Waals surface area contributed by atoms with Crippen LogP contribution in [0.3, 0.4) is 0 Å². The maximum atomic E-state index is 13.0. The van der Waals surface area contributed by atoms with Gasteiger partial charge in [0, 0.05) is 0 Å². The number of carbonyl (C=O) groups excluding carboxylic acids is 3. The number of primary amides is 1. The van der Waals surface area contributed by atoms with Crippen molar-refractivity contribution < 1.29 is 14.4 Å². The van der Waals surface area contributed by atoms with Gasteiger partial charge in [0.25, 0.3) is 5.91 Å². The Morgan fingerprint density at radius 2 is 1.76 bits per heavy atom. The van der Waals surface area contributed by atoms with Crippen LogP contribution >= 0.6 is 0 Å². The van der Waals surface area contributed by atoms with Crippen LogP contribution in [-0.2, 0) is 14.4 Å². The van der Waals surface area contributed by atoms with E-state index in [2.05, 4.69) is 26.1 Å². The predicted molar refractivity (Wildman–Crippen MR) is 96.7 cm³/mol. The highest BCUT2D eigenvalue weighted by Gasteiger charge is 2.44. The summed E-state index contributed by atoms with van der Waals surface area (Å²) in [4.78, 5) is 38.7. The lowest BCUT2D eigenvalue weighted by molar-refractivity contribution is -0.139. The van der Waals surface area contributed by atoms with E-state index in [1.165, 1.54) is 0 Å². The van der Waals surface area contributed by atoms with Gasteiger partial charge in [0.1, 0.15) is 0 Å². The van der Waals surface area contributed by atoms with Crippen LogP contribution in [0.1, 0.15) is 59.3 Å². The number of ketones is 1. The first-order valence-corrected chi connectivity index (χ1v) is 9.45. The number of Topliss-reactive ketones (excluding diaryl/α,β-unsaturated/α-hetero) is 1. The lowest BCUT2D eigenvalue weighted by Gasteiger charge is -2.34. The summed E-state index contributed by atoms with van der Waals surface area (Å²) in [5.41, 5.74) is 5.22. The molecule has 142 valence electrons. The Balaban J connectivity index is 2.11. The van der Waals surface area contributed by atoms with Crippen molar-refractivity contribution in [2.75, 3.05) is 13.6 Å². The minimum atomic E-state index is -0.963. The van der Waals surface area contributed by atoms with Gasteiger partial charge in [0.05, 0.1) is 12.1 Å². The van der Waals surface area contributed by atoms with E-state index in [9.17, 15) is 14.4 Å². The molecule has 6 heteroatoms. The van der Waals surface area contributed by atoms with Gasteiger partial charge in [0.2, 0.25) is 11.7 Å². The van der Waals surface area contributed by atoms with Crippen molar-refractivity contribution >= 4 is 17.6 Å². The molecule has 0 bridgehead atoms. The first-order chi connectivity index (χ1) is 11.6. The lowest BCUT2D eigenvalue weighted by atomic mass is 9.76. The minimum Gasteiger partial charge on any atom is -0.363 e. The van der Waals surface area contributed by atoms with Crippen molar-refractivity contribution in [3.8, 4) is 0 Å². The molecular weight excluding hydrogens is 318 g/mol. The van der Waals surface area contributed by atoms with E-state index in [1.54, 1.807) is 0 Å². The standard InChI is InChI=1S/C19H33N3O3/c1-19(2,3)13-9-10-22(4)15(13)18(25)21-14(16(23)17(20)24)11-12-7-5-6-8-12/h12-15H,5-11H2,1-4H3,(H2,20,24)(H,21,25)/t13-,14?,15?/m0/s1. The number of carbonyl (C=O) groups is 3. The molecule has 0 aromatic carbocycles. The molecule has 1 heterocycles. The predicted octanol–water partition coefficient (Wildman–Crippen LogP) is 1.47. The molecule has 0 aromatic heterocycles. The Bertz CT molecular complexity index is 520. The summed E-state index contributed by atoms with van der Waals surface area (Å²) in [7, 11) is 1.94. The largest absolute Gasteiger partial charge is 0.363 e. The normalized spacial score (nSPS) is 26.6. The van der Waals surface area contributed by atoms with Crippen LogP contribution in [0.2, 0.25) is 0 Å². The Hall–Kier alpha value is -1.43. The molecule has 1 aliphatic heterocycles. The van der Waals surface area contributed by atoms with Crippen LogP contribution in [0, 0.1) is 17.3 Å². The van der Waals surface area contributed by atoms with Gasteiger partial charge in [-0.15, -0.1) is 0 Å². The van der Waals surface area contributed by atoms with Gasteiger partial charge in [-0.2, -0.15) is 0 Å². The highest BCUT2D eigenvalue weighted by atomic mass is 16.2. The number of hydrogen-bond acceptors (Lipinski definition) is 4. The van der Waals surface area contributed by atoms with Crippen LogP contribution in [0.4, 0.5) is 0 Å². The van der Waals surface area contributed by atoms with Crippen LogP contribution in [0.15, 0.2) is 0 Å². The van der Waals surface area contributed by atoms with Crippen molar-refractivity contribution in [1.29, 1.82) is 0 Å². The van der Waals surface area contributed by atoms with E-state index in [4.69, 9.17) is 5.73 Å². The Labute approximate surface area is 150 Å². The number of likely N-dealkylation sites (N-methyl/N-ethyl adjacent to an activating group) is 1. The molecule has 25 heavy (non-hydrogen) atoms.